The van der Waals surface area contributed by atoms with Gasteiger partial charge < -0.3 is 5.32 Å². The molecule has 22 heavy (non-hydrogen) atoms. The Hall–Kier alpha value is -2.55. The molecule has 7 nitrogen and oxygen atoms in total. The first kappa shape index (κ1) is 15.8. The Morgan fingerprint density at radius 3 is 2.91 bits per heavy atom. The molecular weight excluding hydrogens is 309 g/mol. The maximum Gasteiger partial charge on any atom is 0.306 e. The third kappa shape index (κ3) is 3.55. The number of aliphatic imine (C=N–C) groups is 1. The molecule has 0 saturated carbocycles. The number of thioether (sulfide) groups is 1. The molecule has 1 aromatic carbocycles. The van der Waals surface area contributed by atoms with Crippen LogP contribution in [0.4, 0.5) is 21.6 Å². The number of halogens is 1. The maximum atomic E-state index is 13.3. The molecule has 9 heteroatoms. The second kappa shape index (κ2) is 6.94. The summed E-state index contributed by atoms with van der Waals surface area (Å²) < 4.78 is 13.3. The minimum Gasteiger partial charge on any atom is -0.372 e. The third-order valence-corrected chi connectivity index (χ3v) is 3.26. The molecule has 0 amide bonds. The van der Waals surface area contributed by atoms with Crippen LogP contribution in [0.1, 0.15) is 5.56 Å². The van der Waals surface area contributed by atoms with Gasteiger partial charge in [-0.15, -0.1) is 0 Å². The Morgan fingerprint density at radius 1 is 1.50 bits per heavy atom. The van der Waals surface area contributed by atoms with E-state index in [0.29, 0.717) is 16.5 Å². The Balaban J connectivity index is 2.32. The number of anilines is 1. The number of benzene rings is 1. The van der Waals surface area contributed by atoms with Gasteiger partial charge in [-0.2, -0.15) is 4.39 Å². The first-order chi connectivity index (χ1) is 10.5. The molecule has 2 rings (SSSR count). The predicted octanol–water partition coefficient (Wildman–Crippen LogP) is 3.04. The SMILES string of the molecule is CNc1nc(SC)ncc1/C=N/c1ccc(F)c([N+](=O)[O-])c1. The van der Waals surface area contributed by atoms with Gasteiger partial charge in [-0.3, -0.25) is 15.1 Å². The van der Waals surface area contributed by atoms with Gasteiger partial charge in [-0.1, -0.05) is 11.8 Å². The van der Waals surface area contributed by atoms with Crippen LogP contribution in [0.15, 0.2) is 34.5 Å². The van der Waals surface area contributed by atoms with E-state index in [4.69, 9.17) is 0 Å². The lowest BCUT2D eigenvalue weighted by Gasteiger charge is -2.04. The summed E-state index contributed by atoms with van der Waals surface area (Å²) in [5.74, 6) is -0.313. The zero-order chi connectivity index (χ0) is 16.1. The van der Waals surface area contributed by atoms with Gasteiger partial charge in [0.2, 0.25) is 5.82 Å². The molecule has 0 aliphatic rings. The second-order valence-corrected chi connectivity index (χ2v) is 4.84. The second-order valence-electron chi connectivity index (χ2n) is 4.06. The molecule has 0 radical (unpaired) electrons. The van der Waals surface area contributed by atoms with Crippen LogP contribution >= 0.6 is 11.8 Å². The van der Waals surface area contributed by atoms with E-state index in [1.165, 1.54) is 24.0 Å². The molecule has 1 N–H and O–H groups in total. The molecular formula is C13H12FN5O2S. The van der Waals surface area contributed by atoms with Crippen LogP contribution in [-0.2, 0) is 0 Å². The highest BCUT2D eigenvalue weighted by Crippen LogP contribution is 2.24. The van der Waals surface area contributed by atoms with Crippen LogP contribution in [0, 0.1) is 15.9 Å². The van der Waals surface area contributed by atoms with Crippen molar-refractivity contribution in [1.82, 2.24) is 9.97 Å². The molecule has 1 heterocycles. The quantitative estimate of drug-likeness (QED) is 0.299. The lowest BCUT2D eigenvalue weighted by molar-refractivity contribution is -0.387. The van der Waals surface area contributed by atoms with Crippen LogP contribution in [-0.4, -0.2) is 34.4 Å². The summed E-state index contributed by atoms with van der Waals surface area (Å²) in [5, 5.41) is 14.2. The summed E-state index contributed by atoms with van der Waals surface area (Å²) in [6, 6.07) is 3.44. The van der Waals surface area contributed by atoms with Gasteiger partial charge in [0.05, 0.1) is 16.2 Å². The van der Waals surface area contributed by atoms with Crippen LogP contribution < -0.4 is 5.32 Å². The lowest BCUT2D eigenvalue weighted by atomic mass is 10.2. The van der Waals surface area contributed by atoms with E-state index in [2.05, 4.69) is 20.3 Å². The highest BCUT2D eigenvalue weighted by molar-refractivity contribution is 7.98. The maximum absolute atomic E-state index is 13.3. The molecule has 1 aromatic heterocycles. The minimum absolute atomic E-state index is 0.268. The van der Waals surface area contributed by atoms with Crippen molar-refractivity contribution in [2.45, 2.75) is 5.16 Å². The summed E-state index contributed by atoms with van der Waals surface area (Å²) in [6.07, 6.45) is 4.92. The average molecular weight is 321 g/mol. The molecule has 114 valence electrons. The standard InChI is InChI=1S/C13H12FN5O2S/c1-15-12-8(7-17-13(18-12)22-2)6-16-9-3-4-10(14)11(5-9)19(20)21/h3-7H,1-2H3,(H,15,17,18)/b16-6+. The lowest BCUT2D eigenvalue weighted by Crippen LogP contribution is -2.00. The number of nitro groups is 1. The van der Waals surface area contributed by atoms with Crippen molar-refractivity contribution in [3.05, 3.63) is 45.9 Å². The van der Waals surface area contributed by atoms with E-state index >= 15 is 0 Å². The summed E-state index contributed by atoms with van der Waals surface area (Å²) in [6.45, 7) is 0. The fourth-order valence-electron chi connectivity index (χ4n) is 1.63. The fourth-order valence-corrected chi connectivity index (χ4v) is 1.97. The van der Waals surface area contributed by atoms with Gasteiger partial charge in [0.1, 0.15) is 5.82 Å². The molecule has 0 saturated heterocycles. The van der Waals surface area contributed by atoms with Gasteiger partial charge in [0.25, 0.3) is 0 Å². The number of hydrogen-bond donors (Lipinski definition) is 1. The Morgan fingerprint density at radius 2 is 2.27 bits per heavy atom. The molecule has 0 atom stereocenters. The van der Waals surface area contributed by atoms with Gasteiger partial charge in [0.15, 0.2) is 5.16 Å². The van der Waals surface area contributed by atoms with Gasteiger partial charge in [-0.05, 0) is 18.4 Å². The van der Waals surface area contributed by atoms with Crippen LogP contribution in [0.5, 0.6) is 0 Å². The van der Waals surface area contributed by atoms with Gasteiger partial charge in [0, 0.05) is 25.5 Å². The number of rotatable bonds is 5. The van der Waals surface area contributed by atoms with E-state index in [9.17, 15) is 14.5 Å². The van der Waals surface area contributed by atoms with Gasteiger partial charge in [-0.25, -0.2) is 9.97 Å². The van der Waals surface area contributed by atoms with Gasteiger partial charge >= 0.3 is 5.69 Å². The Bertz CT molecular complexity index is 738. The third-order valence-electron chi connectivity index (χ3n) is 2.69. The topological polar surface area (TPSA) is 93.3 Å². The van der Waals surface area contributed by atoms with Crippen molar-refractivity contribution < 1.29 is 9.31 Å². The van der Waals surface area contributed by atoms with Crippen molar-refractivity contribution in [1.29, 1.82) is 0 Å². The molecule has 0 aliphatic heterocycles. The molecule has 0 aliphatic carbocycles. The molecule has 0 fully saturated rings. The molecule has 0 spiro atoms. The fraction of sp³-hybridized carbons (Fsp3) is 0.154. The highest BCUT2D eigenvalue weighted by Gasteiger charge is 2.13. The van der Waals surface area contributed by atoms with E-state index in [0.717, 1.165) is 12.1 Å². The summed E-state index contributed by atoms with van der Waals surface area (Å²) >= 11 is 1.40. The van der Waals surface area contributed by atoms with E-state index in [1.807, 2.05) is 6.26 Å². The van der Waals surface area contributed by atoms with Crippen LogP contribution in [0.25, 0.3) is 0 Å². The van der Waals surface area contributed by atoms with Crippen molar-refractivity contribution in [2.24, 2.45) is 4.99 Å². The molecule has 0 unspecified atom stereocenters. The van der Waals surface area contributed by atoms with Crippen molar-refractivity contribution in [3.63, 3.8) is 0 Å². The Labute approximate surface area is 129 Å². The van der Waals surface area contributed by atoms with Crippen LogP contribution in [0.2, 0.25) is 0 Å². The monoisotopic (exact) mass is 321 g/mol. The first-order valence-electron chi connectivity index (χ1n) is 6.12. The molecule has 0 bridgehead atoms. The average Bonchev–Trinajstić information content (AvgIpc) is 2.53. The first-order valence-corrected chi connectivity index (χ1v) is 7.34. The number of nitrogens with zero attached hydrogens (tertiary/aromatic N) is 4. The molecule has 2 aromatic rings. The van der Waals surface area contributed by atoms with E-state index in [1.54, 1.807) is 13.2 Å². The number of hydrogen-bond acceptors (Lipinski definition) is 7. The number of nitrogens with one attached hydrogen (secondary N) is 1. The zero-order valence-electron chi connectivity index (χ0n) is 11.8. The minimum atomic E-state index is -0.896. The van der Waals surface area contributed by atoms with Crippen molar-refractivity contribution in [2.75, 3.05) is 18.6 Å². The van der Waals surface area contributed by atoms with Crippen molar-refractivity contribution in [3.8, 4) is 0 Å². The smallest absolute Gasteiger partial charge is 0.306 e. The Kier molecular flexibility index (Phi) is 4.99. The van der Waals surface area contributed by atoms with Crippen molar-refractivity contribution >= 4 is 35.2 Å². The number of aromatic nitrogens is 2. The summed E-state index contributed by atoms with van der Waals surface area (Å²) in [7, 11) is 1.71. The largest absolute Gasteiger partial charge is 0.372 e. The highest BCUT2D eigenvalue weighted by atomic mass is 32.2. The predicted molar refractivity (Wildman–Crippen MR) is 83.7 cm³/mol. The normalized spacial score (nSPS) is 10.9. The summed E-state index contributed by atoms with van der Waals surface area (Å²) in [4.78, 5) is 22.4. The van der Waals surface area contributed by atoms with E-state index in [-0.39, 0.29) is 5.69 Å². The van der Waals surface area contributed by atoms with E-state index < -0.39 is 16.4 Å². The number of nitro benzene ring substituents is 1. The zero-order valence-corrected chi connectivity index (χ0v) is 12.6. The summed E-state index contributed by atoms with van der Waals surface area (Å²) in [5.41, 5.74) is 0.272. The van der Waals surface area contributed by atoms with Crippen LogP contribution in [0.3, 0.4) is 0 Å².